The van der Waals surface area contributed by atoms with Gasteiger partial charge in [-0.25, -0.2) is 0 Å². The number of nitrogens with zero attached hydrogens (tertiary/aromatic N) is 2. The molecule has 0 radical (unpaired) electrons. The smallest absolute Gasteiger partial charge is 0.253 e. The van der Waals surface area contributed by atoms with Gasteiger partial charge in [0.05, 0.1) is 5.56 Å². The van der Waals surface area contributed by atoms with E-state index >= 15 is 0 Å². The van der Waals surface area contributed by atoms with Crippen molar-refractivity contribution in [1.29, 1.82) is 0 Å². The van der Waals surface area contributed by atoms with Gasteiger partial charge < -0.3 is 14.8 Å². The van der Waals surface area contributed by atoms with Crippen molar-refractivity contribution in [2.24, 2.45) is 0 Å². The van der Waals surface area contributed by atoms with Crippen LogP contribution in [-0.4, -0.2) is 40.9 Å². The van der Waals surface area contributed by atoms with Gasteiger partial charge in [-0.2, -0.15) is 0 Å². The van der Waals surface area contributed by atoms with Crippen molar-refractivity contribution < 1.29 is 9.59 Å². The fourth-order valence-corrected chi connectivity index (χ4v) is 4.42. The van der Waals surface area contributed by atoms with Gasteiger partial charge in [0, 0.05) is 43.5 Å². The highest BCUT2D eigenvalue weighted by Gasteiger charge is 2.23. The molecule has 0 aromatic carbocycles. The third kappa shape index (κ3) is 4.07. The molecule has 1 saturated carbocycles. The lowest BCUT2D eigenvalue weighted by atomic mass is 9.95. The molecule has 1 aromatic heterocycles. The summed E-state index contributed by atoms with van der Waals surface area (Å²) >= 11 is 0. The number of likely N-dealkylation sites (tertiary alicyclic amines) is 1. The Morgan fingerprint density at radius 2 is 1.96 bits per heavy atom. The molecule has 2 fully saturated rings. The van der Waals surface area contributed by atoms with E-state index in [4.69, 9.17) is 0 Å². The summed E-state index contributed by atoms with van der Waals surface area (Å²) in [5, 5.41) is 3.03. The molecule has 138 valence electrons. The summed E-state index contributed by atoms with van der Waals surface area (Å²) in [6.07, 6.45) is 8.83. The molecule has 1 aliphatic carbocycles. The summed E-state index contributed by atoms with van der Waals surface area (Å²) in [5.74, 6) is 0.269. The van der Waals surface area contributed by atoms with Crippen LogP contribution in [0, 0.1) is 13.8 Å². The van der Waals surface area contributed by atoms with Crippen molar-refractivity contribution in [2.45, 2.75) is 71.3 Å². The first-order valence-corrected chi connectivity index (χ1v) is 9.82. The standard InChI is InChI=1S/C20H31N3O2/c1-15-14-18(16(2)23(15)17-8-4-3-5-9-17)20(25)21-11-7-13-22-12-6-10-19(22)24/h14,17H,3-13H2,1-2H3,(H,21,25). The van der Waals surface area contributed by atoms with Crippen molar-refractivity contribution in [3.05, 3.63) is 23.0 Å². The number of aryl methyl sites for hydroxylation is 1. The van der Waals surface area contributed by atoms with Crippen molar-refractivity contribution in [3.8, 4) is 0 Å². The van der Waals surface area contributed by atoms with Crippen LogP contribution < -0.4 is 5.32 Å². The lowest BCUT2D eigenvalue weighted by molar-refractivity contribution is -0.127. The van der Waals surface area contributed by atoms with E-state index in [1.165, 1.54) is 37.8 Å². The molecule has 1 saturated heterocycles. The van der Waals surface area contributed by atoms with Gasteiger partial charge in [-0.05, 0) is 45.6 Å². The average molecular weight is 345 g/mol. The second-order valence-electron chi connectivity index (χ2n) is 7.54. The molecule has 2 aliphatic rings. The lowest BCUT2D eigenvalue weighted by Crippen LogP contribution is -2.30. The molecule has 3 rings (SSSR count). The Hall–Kier alpha value is -1.78. The number of carbonyl (C=O) groups is 2. The maximum Gasteiger partial charge on any atom is 0.253 e. The van der Waals surface area contributed by atoms with E-state index in [-0.39, 0.29) is 11.8 Å². The molecule has 0 spiro atoms. The summed E-state index contributed by atoms with van der Waals surface area (Å²) in [6, 6.07) is 2.58. The van der Waals surface area contributed by atoms with Crippen LogP contribution in [0.5, 0.6) is 0 Å². The minimum atomic E-state index is 0.0166. The predicted octanol–water partition coefficient (Wildman–Crippen LogP) is 3.35. The average Bonchev–Trinajstić information content (AvgIpc) is 3.15. The zero-order valence-electron chi connectivity index (χ0n) is 15.6. The molecule has 1 N–H and O–H groups in total. The quantitative estimate of drug-likeness (QED) is 0.804. The van der Waals surface area contributed by atoms with Gasteiger partial charge >= 0.3 is 0 Å². The van der Waals surface area contributed by atoms with Crippen molar-refractivity contribution in [3.63, 3.8) is 0 Å². The normalized spacial score (nSPS) is 18.8. The van der Waals surface area contributed by atoms with E-state index in [1.54, 1.807) is 0 Å². The SMILES string of the molecule is Cc1cc(C(=O)NCCCN2CCCC2=O)c(C)n1C1CCCCC1. The van der Waals surface area contributed by atoms with Gasteiger partial charge in [-0.3, -0.25) is 9.59 Å². The van der Waals surface area contributed by atoms with Crippen LogP contribution in [0.15, 0.2) is 6.07 Å². The van der Waals surface area contributed by atoms with Gasteiger partial charge in [0.1, 0.15) is 0 Å². The van der Waals surface area contributed by atoms with Crippen molar-refractivity contribution >= 4 is 11.8 Å². The first-order valence-electron chi connectivity index (χ1n) is 9.82. The highest BCUT2D eigenvalue weighted by atomic mass is 16.2. The van der Waals surface area contributed by atoms with Gasteiger partial charge in [-0.1, -0.05) is 19.3 Å². The summed E-state index contributed by atoms with van der Waals surface area (Å²) in [7, 11) is 0. The predicted molar refractivity (Wildman–Crippen MR) is 98.8 cm³/mol. The van der Waals surface area contributed by atoms with E-state index in [2.05, 4.69) is 23.7 Å². The maximum atomic E-state index is 12.6. The zero-order chi connectivity index (χ0) is 17.8. The first kappa shape index (κ1) is 18.0. The highest BCUT2D eigenvalue weighted by Crippen LogP contribution is 2.32. The summed E-state index contributed by atoms with van der Waals surface area (Å²) < 4.78 is 2.37. The molecule has 5 nitrogen and oxygen atoms in total. The molecule has 25 heavy (non-hydrogen) atoms. The van der Waals surface area contributed by atoms with Crippen LogP contribution in [0.3, 0.4) is 0 Å². The second kappa shape index (κ2) is 8.07. The molecule has 0 bridgehead atoms. The van der Waals surface area contributed by atoms with Gasteiger partial charge in [0.2, 0.25) is 5.91 Å². The number of hydrogen-bond acceptors (Lipinski definition) is 2. The molecule has 2 amide bonds. The second-order valence-corrected chi connectivity index (χ2v) is 7.54. The lowest BCUT2D eigenvalue weighted by Gasteiger charge is -2.26. The van der Waals surface area contributed by atoms with Crippen LogP contribution in [0.25, 0.3) is 0 Å². The van der Waals surface area contributed by atoms with Gasteiger partial charge in [0.15, 0.2) is 0 Å². The summed E-state index contributed by atoms with van der Waals surface area (Å²) in [6.45, 7) is 6.42. The molecule has 0 unspecified atom stereocenters. The summed E-state index contributed by atoms with van der Waals surface area (Å²) in [4.78, 5) is 26.1. The zero-order valence-corrected chi connectivity index (χ0v) is 15.6. The number of carbonyl (C=O) groups excluding carboxylic acids is 2. The third-order valence-corrected chi connectivity index (χ3v) is 5.73. The Morgan fingerprint density at radius 1 is 1.20 bits per heavy atom. The Labute approximate surface area is 150 Å². The Kier molecular flexibility index (Phi) is 5.82. The monoisotopic (exact) mass is 345 g/mol. The molecule has 5 heteroatoms. The fraction of sp³-hybridized carbons (Fsp3) is 0.700. The molecule has 2 heterocycles. The van der Waals surface area contributed by atoms with Gasteiger partial charge in [-0.15, -0.1) is 0 Å². The van der Waals surface area contributed by atoms with Crippen LogP contribution in [0.1, 0.15) is 79.2 Å². The van der Waals surface area contributed by atoms with E-state index in [0.717, 1.165) is 37.2 Å². The summed E-state index contributed by atoms with van der Waals surface area (Å²) in [5.41, 5.74) is 3.09. The topological polar surface area (TPSA) is 54.3 Å². The molecule has 0 atom stereocenters. The number of amides is 2. The Bertz CT molecular complexity index is 629. The van der Waals surface area contributed by atoms with E-state index in [0.29, 0.717) is 19.0 Å². The molecule has 1 aromatic rings. The third-order valence-electron chi connectivity index (χ3n) is 5.73. The highest BCUT2D eigenvalue weighted by molar-refractivity contribution is 5.95. The van der Waals surface area contributed by atoms with Crippen LogP contribution in [0.4, 0.5) is 0 Å². The number of nitrogens with one attached hydrogen (secondary N) is 1. The van der Waals surface area contributed by atoms with Crippen LogP contribution in [-0.2, 0) is 4.79 Å². The Morgan fingerprint density at radius 3 is 2.64 bits per heavy atom. The van der Waals surface area contributed by atoms with Crippen molar-refractivity contribution in [1.82, 2.24) is 14.8 Å². The van der Waals surface area contributed by atoms with Crippen molar-refractivity contribution in [2.75, 3.05) is 19.6 Å². The molecular formula is C20H31N3O2. The number of hydrogen-bond donors (Lipinski definition) is 1. The Balaban J connectivity index is 1.54. The van der Waals surface area contributed by atoms with E-state index in [9.17, 15) is 9.59 Å². The first-order chi connectivity index (χ1) is 12.1. The minimum Gasteiger partial charge on any atom is -0.352 e. The van der Waals surface area contributed by atoms with E-state index < -0.39 is 0 Å². The largest absolute Gasteiger partial charge is 0.352 e. The molecular weight excluding hydrogens is 314 g/mol. The fourth-order valence-electron chi connectivity index (χ4n) is 4.42. The minimum absolute atomic E-state index is 0.0166. The number of rotatable bonds is 6. The van der Waals surface area contributed by atoms with Crippen LogP contribution in [0.2, 0.25) is 0 Å². The number of aromatic nitrogens is 1. The van der Waals surface area contributed by atoms with E-state index in [1.807, 2.05) is 11.0 Å². The van der Waals surface area contributed by atoms with Crippen LogP contribution >= 0.6 is 0 Å². The van der Waals surface area contributed by atoms with Gasteiger partial charge in [0.25, 0.3) is 5.91 Å². The maximum absolute atomic E-state index is 12.6. The molecule has 1 aliphatic heterocycles.